The summed E-state index contributed by atoms with van der Waals surface area (Å²) in [6, 6.07) is 6.57. The summed E-state index contributed by atoms with van der Waals surface area (Å²) in [5.41, 5.74) is 11.0. The minimum absolute atomic E-state index is 0.199. The Hall–Kier alpha value is -1.15. The van der Waals surface area contributed by atoms with Gasteiger partial charge in [0.25, 0.3) is 0 Å². The van der Waals surface area contributed by atoms with E-state index in [1.54, 1.807) is 18.2 Å². The zero-order valence-corrected chi connectivity index (χ0v) is 17.3. The van der Waals surface area contributed by atoms with Crippen molar-refractivity contribution in [1.82, 2.24) is 0 Å². The van der Waals surface area contributed by atoms with E-state index in [0.29, 0.717) is 28.6 Å². The summed E-state index contributed by atoms with van der Waals surface area (Å²) in [5, 5.41) is 10.0. The maximum Gasteiger partial charge on any atom is 0.146 e. The van der Waals surface area contributed by atoms with Crippen molar-refractivity contribution in [2.24, 2.45) is 11.7 Å². The molecule has 1 aliphatic rings. The molecule has 138 valence electrons. The number of halogens is 1. The lowest BCUT2D eigenvalue weighted by Crippen LogP contribution is -2.45. The van der Waals surface area contributed by atoms with Gasteiger partial charge in [-0.15, -0.1) is 5.54 Å². The average Bonchev–Trinajstić information content (AvgIpc) is 3.24. The van der Waals surface area contributed by atoms with E-state index in [-0.39, 0.29) is 11.7 Å². The molecule has 1 aromatic rings. The van der Waals surface area contributed by atoms with E-state index in [4.69, 9.17) is 5.73 Å². The third-order valence-corrected chi connectivity index (χ3v) is 12.3. The third kappa shape index (κ3) is 3.56. The highest BCUT2D eigenvalue weighted by Gasteiger charge is 2.52. The number of aliphatic hydroxyl groups excluding tert-OH is 1. The molecule has 0 spiro atoms. The Labute approximate surface area is 153 Å². The van der Waals surface area contributed by atoms with E-state index in [9.17, 15) is 9.50 Å². The topological polar surface area (TPSA) is 46.2 Å². The Morgan fingerprint density at radius 1 is 1.12 bits per heavy atom. The fourth-order valence-corrected chi connectivity index (χ4v) is 9.76. The van der Waals surface area contributed by atoms with Gasteiger partial charge in [-0.05, 0) is 29.1 Å². The van der Waals surface area contributed by atoms with Gasteiger partial charge in [-0.25, -0.2) is 4.39 Å². The van der Waals surface area contributed by atoms with Gasteiger partial charge in [-0.3, -0.25) is 0 Å². The standard InChI is InChI=1S/C21H32FNOSi/c1-14(2)25(15(3)4,16(5)6)12-11-21(23,18-13-20(18)24)17-9-7-8-10-19(17)22/h7-10,14-16,18,20,24H,13,23H2,1-6H3/t18-,20+,21+/m0/s1. The molecule has 0 saturated heterocycles. The summed E-state index contributed by atoms with van der Waals surface area (Å²) >= 11 is 0. The average molecular weight is 362 g/mol. The number of benzene rings is 1. The zero-order valence-electron chi connectivity index (χ0n) is 16.3. The number of rotatable bonds is 5. The summed E-state index contributed by atoms with van der Waals surface area (Å²) < 4.78 is 14.5. The largest absolute Gasteiger partial charge is 0.393 e. The van der Waals surface area contributed by atoms with E-state index in [1.165, 1.54) is 6.07 Å². The minimum atomic E-state index is -1.97. The van der Waals surface area contributed by atoms with Gasteiger partial charge in [0.1, 0.15) is 19.4 Å². The van der Waals surface area contributed by atoms with E-state index in [1.807, 2.05) is 0 Å². The van der Waals surface area contributed by atoms with Crippen molar-refractivity contribution in [1.29, 1.82) is 0 Å². The quantitative estimate of drug-likeness (QED) is 0.595. The van der Waals surface area contributed by atoms with Crippen LogP contribution in [-0.4, -0.2) is 19.3 Å². The Kier molecular flexibility index (Phi) is 5.83. The molecule has 3 atom stereocenters. The summed E-state index contributed by atoms with van der Waals surface area (Å²) in [4.78, 5) is 0. The van der Waals surface area contributed by atoms with Gasteiger partial charge >= 0.3 is 0 Å². The number of hydrogen-bond donors (Lipinski definition) is 2. The molecule has 1 fully saturated rings. The van der Waals surface area contributed by atoms with E-state index in [2.05, 4.69) is 53.0 Å². The van der Waals surface area contributed by atoms with Crippen LogP contribution in [0.25, 0.3) is 0 Å². The molecular weight excluding hydrogens is 329 g/mol. The summed E-state index contributed by atoms with van der Waals surface area (Å²) in [5.74, 6) is 2.78. The summed E-state index contributed by atoms with van der Waals surface area (Å²) in [7, 11) is -1.97. The molecule has 1 saturated carbocycles. The fraction of sp³-hybridized carbons (Fsp3) is 0.619. The van der Waals surface area contributed by atoms with Crippen LogP contribution in [0.4, 0.5) is 4.39 Å². The van der Waals surface area contributed by atoms with Crippen molar-refractivity contribution in [3.63, 3.8) is 0 Å². The number of hydrogen-bond acceptors (Lipinski definition) is 2. The highest BCUT2D eigenvalue weighted by Crippen LogP contribution is 2.46. The van der Waals surface area contributed by atoms with Crippen molar-refractivity contribution in [3.05, 3.63) is 35.6 Å². The molecule has 0 amide bonds. The molecule has 0 aromatic heterocycles. The minimum Gasteiger partial charge on any atom is -0.393 e. The molecule has 2 rings (SSSR count). The van der Waals surface area contributed by atoms with Gasteiger partial charge in [0.15, 0.2) is 0 Å². The summed E-state index contributed by atoms with van der Waals surface area (Å²) in [6.07, 6.45) is 0.0890. The van der Waals surface area contributed by atoms with Gasteiger partial charge < -0.3 is 10.8 Å². The second kappa shape index (κ2) is 7.23. The second-order valence-corrected chi connectivity index (χ2v) is 14.0. The molecule has 0 heterocycles. The van der Waals surface area contributed by atoms with E-state index < -0.39 is 19.7 Å². The Morgan fingerprint density at radius 3 is 2.00 bits per heavy atom. The smallest absolute Gasteiger partial charge is 0.146 e. The third-order valence-electron chi connectivity index (χ3n) is 6.01. The predicted molar refractivity (Wildman–Crippen MR) is 105 cm³/mol. The lowest BCUT2D eigenvalue weighted by Gasteiger charge is -2.38. The van der Waals surface area contributed by atoms with Crippen LogP contribution in [0, 0.1) is 23.2 Å². The van der Waals surface area contributed by atoms with Crippen LogP contribution in [0.2, 0.25) is 16.6 Å². The van der Waals surface area contributed by atoms with Gasteiger partial charge in [-0.2, -0.15) is 0 Å². The first-order chi connectivity index (χ1) is 11.6. The van der Waals surface area contributed by atoms with Crippen molar-refractivity contribution in [2.75, 3.05) is 0 Å². The second-order valence-electron chi connectivity index (χ2n) is 8.41. The normalized spacial score (nSPS) is 22.7. The first-order valence-corrected chi connectivity index (χ1v) is 11.6. The molecule has 1 aromatic carbocycles. The Morgan fingerprint density at radius 2 is 1.60 bits per heavy atom. The van der Waals surface area contributed by atoms with Gasteiger partial charge in [-0.1, -0.05) is 65.7 Å². The SMILES string of the molecule is CC(C)[Si](C#C[C@@](N)(c1ccccc1F)[C@H]1C[C@H]1O)(C(C)C)C(C)C. The van der Waals surface area contributed by atoms with Crippen molar-refractivity contribution in [2.45, 2.75) is 76.2 Å². The van der Waals surface area contributed by atoms with Gasteiger partial charge in [0.2, 0.25) is 0 Å². The van der Waals surface area contributed by atoms with Crippen LogP contribution in [-0.2, 0) is 5.54 Å². The summed E-state index contributed by atoms with van der Waals surface area (Å²) in [6.45, 7) is 13.5. The molecule has 0 aliphatic heterocycles. The first-order valence-electron chi connectivity index (χ1n) is 9.33. The molecule has 4 heteroatoms. The molecular formula is C21H32FNOSi. The Balaban J connectivity index is 2.59. The van der Waals surface area contributed by atoms with Crippen LogP contribution in [0.15, 0.2) is 24.3 Å². The number of aliphatic hydroxyl groups is 1. The zero-order chi connectivity index (χ0) is 19.0. The monoisotopic (exact) mass is 361 g/mol. The van der Waals surface area contributed by atoms with Crippen LogP contribution in [0.1, 0.15) is 53.5 Å². The van der Waals surface area contributed by atoms with Gasteiger partial charge in [0.05, 0.1) is 6.10 Å². The molecule has 1 aliphatic carbocycles. The van der Waals surface area contributed by atoms with Crippen LogP contribution in [0.5, 0.6) is 0 Å². The molecule has 0 unspecified atom stereocenters. The van der Waals surface area contributed by atoms with E-state index in [0.717, 1.165) is 0 Å². The molecule has 25 heavy (non-hydrogen) atoms. The lowest BCUT2D eigenvalue weighted by molar-refractivity contribution is 0.239. The van der Waals surface area contributed by atoms with Gasteiger partial charge in [0, 0.05) is 11.5 Å². The number of nitrogens with two attached hydrogens (primary N) is 1. The van der Waals surface area contributed by atoms with Crippen LogP contribution >= 0.6 is 0 Å². The van der Waals surface area contributed by atoms with Crippen molar-refractivity contribution in [3.8, 4) is 11.5 Å². The molecule has 0 bridgehead atoms. The van der Waals surface area contributed by atoms with E-state index >= 15 is 0 Å². The fourth-order valence-electron chi connectivity index (χ4n) is 4.47. The lowest BCUT2D eigenvalue weighted by atomic mass is 9.86. The Bertz CT molecular complexity index is 654. The van der Waals surface area contributed by atoms with Crippen molar-refractivity contribution < 1.29 is 9.50 Å². The highest BCUT2D eigenvalue weighted by molar-refractivity contribution is 6.90. The highest BCUT2D eigenvalue weighted by atomic mass is 28.3. The maximum atomic E-state index is 14.5. The molecule has 3 N–H and O–H groups in total. The molecule has 2 nitrogen and oxygen atoms in total. The predicted octanol–water partition coefficient (Wildman–Crippen LogP) is 4.58. The van der Waals surface area contributed by atoms with Crippen LogP contribution in [0.3, 0.4) is 0 Å². The van der Waals surface area contributed by atoms with Crippen molar-refractivity contribution >= 4 is 8.07 Å². The van der Waals surface area contributed by atoms with Crippen LogP contribution < -0.4 is 5.73 Å². The molecule has 0 radical (unpaired) electrons. The maximum absolute atomic E-state index is 14.5. The first kappa shape index (κ1) is 20.2.